The Hall–Kier alpha value is -2.89. The van der Waals surface area contributed by atoms with Crippen LogP contribution in [0.1, 0.15) is 17.3 Å². The van der Waals surface area contributed by atoms with Crippen molar-refractivity contribution in [1.29, 1.82) is 0 Å². The van der Waals surface area contributed by atoms with E-state index in [1.54, 1.807) is 49.7 Å². The van der Waals surface area contributed by atoms with E-state index in [1.165, 1.54) is 13.1 Å². The van der Waals surface area contributed by atoms with Crippen LogP contribution in [0.25, 0.3) is 0 Å². The molecule has 6 heteroatoms. The van der Waals surface area contributed by atoms with E-state index in [0.29, 0.717) is 17.0 Å². The highest BCUT2D eigenvalue weighted by atomic mass is 16.5. The molecule has 1 N–H and O–H groups in total. The number of pyridine rings is 1. The highest BCUT2D eigenvalue weighted by Crippen LogP contribution is 2.17. The van der Waals surface area contributed by atoms with Crippen LogP contribution in [0.4, 0.5) is 5.69 Å². The van der Waals surface area contributed by atoms with Crippen LogP contribution in [0.2, 0.25) is 0 Å². The molecular weight excluding hydrogens is 284 g/mol. The predicted octanol–water partition coefficient (Wildman–Crippen LogP) is 2.27. The SMILES string of the molecule is COc1cccc(NC(=O)C(C)OC(=O)c2cccnc2)c1. The van der Waals surface area contributed by atoms with Gasteiger partial charge in [-0.1, -0.05) is 6.07 Å². The molecule has 0 saturated heterocycles. The van der Waals surface area contributed by atoms with Gasteiger partial charge in [0.1, 0.15) is 5.75 Å². The van der Waals surface area contributed by atoms with Gasteiger partial charge in [0.25, 0.3) is 5.91 Å². The number of carbonyl (C=O) groups is 2. The molecule has 0 aliphatic heterocycles. The molecule has 0 aliphatic rings. The van der Waals surface area contributed by atoms with Crippen LogP contribution in [0.15, 0.2) is 48.8 Å². The van der Waals surface area contributed by atoms with Crippen LogP contribution in [0.5, 0.6) is 5.75 Å². The second-order valence-electron chi connectivity index (χ2n) is 4.51. The maximum Gasteiger partial charge on any atom is 0.340 e. The minimum Gasteiger partial charge on any atom is -0.497 e. The third-order valence-corrected chi connectivity index (χ3v) is 2.89. The van der Waals surface area contributed by atoms with Gasteiger partial charge in [-0.15, -0.1) is 0 Å². The number of hydrogen-bond acceptors (Lipinski definition) is 5. The summed E-state index contributed by atoms with van der Waals surface area (Å²) in [4.78, 5) is 27.7. The number of amides is 1. The van der Waals surface area contributed by atoms with Crippen molar-refractivity contribution in [3.8, 4) is 5.75 Å². The maximum atomic E-state index is 12.0. The summed E-state index contributed by atoms with van der Waals surface area (Å²) < 4.78 is 10.2. The molecule has 1 aromatic carbocycles. The Labute approximate surface area is 128 Å². The topological polar surface area (TPSA) is 77.5 Å². The Bertz CT molecular complexity index is 658. The lowest BCUT2D eigenvalue weighted by atomic mass is 10.2. The van der Waals surface area contributed by atoms with E-state index in [9.17, 15) is 9.59 Å². The summed E-state index contributed by atoms with van der Waals surface area (Å²) in [5.74, 6) is -0.398. The van der Waals surface area contributed by atoms with Gasteiger partial charge in [0.05, 0.1) is 12.7 Å². The number of aromatic nitrogens is 1. The monoisotopic (exact) mass is 300 g/mol. The fourth-order valence-electron chi connectivity index (χ4n) is 1.71. The highest BCUT2D eigenvalue weighted by molar-refractivity contribution is 5.97. The second kappa shape index (κ2) is 7.21. The smallest absolute Gasteiger partial charge is 0.340 e. The fraction of sp³-hybridized carbons (Fsp3) is 0.188. The molecule has 1 unspecified atom stereocenters. The molecule has 0 spiro atoms. The van der Waals surface area contributed by atoms with E-state index in [2.05, 4.69) is 10.3 Å². The van der Waals surface area contributed by atoms with Gasteiger partial charge in [0.15, 0.2) is 6.10 Å². The van der Waals surface area contributed by atoms with Crippen molar-refractivity contribution < 1.29 is 19.1 Å². The summed E-state index contributed by atoms with van der Waals surface area (Å²) in [7, 11) is 1.54. The molecule has 22 heavy (non-hydrogen) atoms. The van der Waals surface area contributed by atoms with E-state index in [4.69, 9.17) is 9.47 Å². The van der Waals surface area contributed by atoms with Gasteiger partial charge >= 0.3 is 5.97 Å². The van der Waals surface area contributed by atoms with Crippen LogP contribution in [-0.4, -0.2) is 30.1 Å². The molecule has 6 nitrogen and oxygen atoms in total. The molecule has 1 amide bonds. The van der Waals surface area contributed by atoms with Crippen LogP contribution >= 0.6 is 0 Å². The summed E-state index contributed by atoms with van der Waals surface area (Å²) in [5, 5.41) is 2.66. The Morgan fingerprint density at radius 3 is 2.73 bits per heavy atom. The third-order valence-electron chi connectivity index (χ3n) is 2.89. The zero-order valence-electron chi connectivity index (χ0n) is 12.3. The van der Waals surface area contributed by atoms with Crippen molar-refractivity contribution in [3.63, 3.8) is 0 Å². The van der Waals surface area contributed by atoms with Crippen LogP contribution in [-0.2, 0) is 9.53 Å². The minimum atomic E-state index is -0.932. The molecule has 0 radical (unpaired) electrons. The van der Waals surface area contributed by atoms with Gasteiger partial charge in [-0.2, -0.15) is 0 Å². The molecule has 2 rings (SSSR count). The van der Waals surface area contributed by atoms with E-state index < -0.39 is 18.0 Å². The van der Waals surface area contributed by atoms with Gasteiger partial charge in [-0.25, -0.2) is 4.79 Å². The van der Waals surface area contributed by atoms with E-state index in [1.807, 2.05) is 0 Å². The maximum absolute atomic E-state index is 12.0. The molecular formula is C16H16N2O4. The Kier molecular flexibility index (Phi) is 5.08. The lowest BCUT2D eigenvalue weighted by Gasteiger charge is -2.13. The number of benzene rings is 1. The third kappa shape index (κ3) is 4.05. The molecule has 0 saturated carbocycles. The Morgan fingerprint density at radius 2 is 2.05 bits per heavy atom. The molecule has 2 aromatic rings. The number of ether oxygens (including phenoxy) is 2. The summed E-state index contributed by atoms with van der Waals surface area (Å²) in [6.07, 6.45) is 2.00. The number of methoxy groups -OCH3 is 1. The van der Waals surface area contributed by atoms with Crippen LogP contribution < -0.4 is 10.1 Å². The standard InChI is InChI=1S/C16H16N2O4/c1-11(22-16(20)12-5-4-8-17-10-12)15(19)18-13-6-3-7-14(9-13)21-2/h3-11H,1-2H3,(H,18,19). The zero-order chi connectivity index (χ0) is 15.9. The molecule has 1 aromatic heterocycles. The number of nitrogens with one attached hydrogen (secondary N) is 1. The number of anilines is 1. The van der Waals surface area contributed by atoms with Crippen molar-refractivity contribution in [2.45, 2.75) is 13.0 Å². The van der Waals surface area contributed by atoms with Gasteiger partial charge in [0.2, 0.25) is 0 Å². The number of nitrogens with zero attached hydrogens (tertiary/aromatic N) is 1. The summed E-state index contributed by atoms with van der Waals surface area (Å²) in [6.45, 7) is 1.50. The van der Waals surface area contributed by atoms with Gasteiger partial charge in [-0.05, 0) is 31.2 Å². The average molecular weight is 300 g/mol. The normalized spacial score (nSPS) is 11.4. The van der Waals surface area contributed by atoms with Gasteiger partial charge in [0, 0.05) is 24.1 Å². The quantitative estimate of drug-likeness (QED) is 0.857. The lowest BCUT2D eigenvalue weighted by Crippen LogP contribution is -2.30. The molecule has 1 atom stereocenters. The van der Waals surface area contributed by atoms with Gasteiger partial charge < -0.3 is 14.8 Å². The summed E-state index contributed by atoms with van der Waals surface area (Å²) in [6, 6.07) is 10.1. The number of rotatable bonds is 5. The molecule has 1 heterocycles. The first-order valence-corrected chi connectivity index (χ1v) is 6.66. The number of hydrogen-bond donors (Lipinski definition) is 1. The van der Waals surface area contributed by atoms with Crippen molar-refractivity contribution >= 4 is 17.6 Å². The van der Waals surface area contributed by atoms with Crippen molar-refractivity contribution in [1.82, 2.24) is 4.98 Å². The molecule has 0 bridgehead atoms. The van der Waals surface area contributed by atoms with Crippen molar-refractivity contribution in [3.05, 3.63) is 54.4 Å². The second-order valence-corrected chi connectivity index (χ2v) is 4.51. The summed E-state index contributed by atoms with van der Waals surface area (Å²) >= 11 is 0. The Balaban J connectivity index is 1.96. The van der Waals surface area contributed by atoms with E-state index >= 15 is 0 Å². The fourth-order valence-corrected chi connectivity index (χ4v) is 1.71. The largest absolute Gasteiger partial charge is 0.497 e. The van der Waals surface area contributed by atoms with Gasteiger partial charge in [-0.3, -0.25) is 9.78 Å². The van der Waals surface area contributed by atoms with E-state index in [-0.39, 0.29) is 0 Å². The zero-order valence-corrected chi connectivity index (χ0v) is 12.3. The first-order valence-electron chi connectivity index (χ1n) is 6.66. The first kappa shape index (κ1) is 15.5. The average Bonchev–Trinajstić information content (AvgIpc) is 2.55. The van der Waals surface area contributed by atoms with Crippen molar-refractivity contribution in [2.75, 3.05) is 12.4 Å². The number of carbonyl (C=O) groups excluding carboxylic acids is 2. The first-order chi connectivity index (χ1) is 10.6. The number of esters is 1. The van der Waals surface area contributed by atoms with Crippen LogP contribution in [0.3, 0.4) is 0 Å². The predicted molar refractivity (Wildman–Crippen MR) is 80.7 cm³/mol. The lowest BCUT2D eigenvalue weighted by molar-refractivity contribution is -0.123. The minimum absolute atomic E-state index is 0.295. The Morgan fingerprint density at radius 1 is 1.23 bits per heavy atom. The highest BCUT2D eigenvalue weighted by Gasteiger charge is 2.19. The van der Waals surface area contributed by atoms with Crippen molar-refractivity contribution in [2.24, 2.45) is 0 Å². The molecule has 0 aliphatic carbocycles. The molecule has 0 fully saturated rings. The molecule has 114 valence electrons. The summed E-state index contributed by atoms with van der Waals surface area (Å²) in [5.41, 5.74) is 0.858. The van der Waals surface area contributed by atoms with E-state index in [0.717, 1.165) is 0 Å². The van der Waals surface area contributed by atoms with Crippen LogP contribution in [0, 0.1) is 0 Å².